The maximum absolute atomic E-state index is 2.55. The molecule has 2 aliphatic carbocycles. The van der Waals surface area contributed by atoms with Gasteiger partial charge in [-0.25, -0.2) is 0 Å². The zero-order valence-corrected chi connectivity index (χ0v) is 34.9. The van der Waals surface area contributed by atoms with Gasteiger partial charge in [-0.15, -0.1) is 0 Å². The molecule has 0 saturated carbocycles. The molecule has 0 amide bonds. The summed E-state index contributed by atoms with van der Waals surface area (Å²) < 4.78 is 0. The van der Waals surface area contributed by atoms with E-state index >= 15 is 0 Å². The minimum absolute atomic E-state index is 0.0698. The largest absolute Gasteiger partial charge is 0.310 e. The van der Waals surface area contributed by atoms with Gasteiger partial charge in [0.05, 0.1) is 11.1 Å². The normalized spacial score (nSPS) is 15.6. The molecule has 60 heavy (non-hydrogen) atoms. The van der Waals surface area contributed by atoms with Crippen LogP contribution in [-0.4, -0.2) is 0 Å². The highest BCUT2D eigenvalue weighted by atomic mass is 15.1. The average Bonchev–Trinajstić information content (AvgIpc) is 3.58. The van der Waals surface area contributed by atoms with E-state index in [2.05, 4.69) is 233 Å². The number of nitrogens with zero attached hydrogens (tertiary/aromatic N) is 1. The van der Waals surface area contributed by atoms with E-state index in [1.54, 1.807) is 0 Å². The topological polar surface area (TPSA) is 3.24 Å². The predicted octanol–water partition coefficient (Wildman–Crippen LogP) is 15.8. The first kappa shape index (κ1) is 36.4. The van der Waals surface area contributed by atoms with Crippen LogP contribution in [0.2, 0.25) is 0 Å². The number of fused-ring (bicyclic) bond motifs is 7. The quantitative estimate of drug-likeness (QED) is 0.152. The minimum Gasteiger partial charge on any atom is -0.310 e. The molecule has 0 bridgehead atoms. The summed E-state index contributed by atoms with van der Waals surface area (Å²) in [5.41, 5.74) is 16.2. The van der Waals surface area contributed by atoms with Crippen LogP contribution in [-0.2, 0) is 16.2 Å². The number of benzene rings is 9. The molecule has 1 heteroatoms. The molecule has 9 aromatic rings. The second-order valence-corrected chi connectivity index (χ2v) is 18.3. The van der Waals surface area contributed by atoms with E-state index in [0.29, 0.717) is 0 Å². The summed E-state index contributed by atoms with van der Waals surface area (Å²) >= 11 is 0. The van der Waals surface area contributed by atoms with Gasteiger partial charge in [0.1, 0.15) is 0 Å². The molecule has 2 aliphatic rings. The van der Waals surface area contributed by atoms with Crippen molar-refractivity contribution in [1.82, 2.24) is 0 Å². The molecule has 0 radical (unpaired) electrons. The Morgan fingerprint density at radius 2 is 0.967 bits per heavy atom. The molecular formula is C59H49N. The molecule has 0 saturated heterocycles. The smallest absolute Gasteiger partial charge is 0.0714 e. The van der Waals surface area contributed by atoms with Crippen molar-refractivity contribution in [3.8, 4) is 22.3 Å². The van der Waals surface area contributed by atoms with E-state index in [1.807, 2.05) is 0 Å². The summed E-state index contributed by atoms with van der Waals surface area (Å²) in [6.45, 7) is 9.72. The summed E-state index contributed by atoms with van der Waals surface area (Å²) in [7, 11) is 0. The fourth-order valence-electron chi connectivity index (χ4n) is 10.8. The van der Waals surface area contributed by atoms with Crippen LogP contribution >= 0.6 is 0 Å². The molecule has 0 N–H and O–H groups in total. The summed E-state index contributed by atoms with van der Waals surface area (Å²) in [5.74, 6) is 0. The number of hydrogen-bond acceptors (Lipinski definition) is 1. The van der Waals surface area contributed by atoms with Crippen molar-refractivity contribution in [2.45, 2.75) is 56.8 Å². The molecule has 0 atom stereocenters. The van der Waals surface area contributed by atoms with Gasteiger partial charge in [-0.1, -0.05) is 191 Å². The first-order valence-electron chi connectivity index (χ1n) is 21.6. The number of para-hydroxylation sites is 1. The van der Waals surface area contributed by atoms with Crippen molar-refractivity contribution in [1.29, 1.82) is 0 Å². The third kappa shape index (κ3) is 5.52. The van der Waals surface area contributed by atoms with Crippen LogP contribution in [0.15, 0.2) is 200 Å². The SMILES string of the molecule is CC1(C)CCC(C)(C)c2cc(-c3cc4c(cc3N(c3ccccc3)c3ccc5c(ccc6ccccc65)c3)C(c3ccccc3)(c3ccccc3)c3ccccc3-4)ccc21. The Bertz CT molecular complexity index is 3040. The van der Waals surface area contributed by atoms with Crippen LogP contribution in [0.25, 0.3) is 43.8 Å². The Balaban J connectivity index is 1.26. The maximum atomic E-state index is 2.55. The molecule has 0 spiro atoms. The van der Waals surface area contributed by atoms with E-state index in [4.69, 9.17) is 0 Å². The molecule has 0 fully saturated rings. The molecule has 1 nitrogen and oxygen atoms in total. The Hall–Kier alpha value is -6.70. The van der Waals surface area contributed by atoms with Gasteiger partial charge in [0, 0.05) is 16.9 Å². The predicted molar refractivity (Wildman–Crippen MR) is 254 cm³/mol. The average molecular weight is 772 g/mol. The van der Waals surface area contributed by atoms with Gasteiger partial charge in [-0.05, 0) is 132 Å². The van der Waals surface area contributed by atoms with Gasteiger partial charge in [0.15, 0.2) is 0 Å². The molecule has 0 aliphatic heterocycles. The van der Waals surface area contributed by atoms with Crippen molar-refractivity contribution in [2.75, 3.05) is 4.90 Å². The summed E-state index contributed by atoms with van der Waals surface area (Å²) in [6.07, 6.45) is 2.35. The van der Waals surface area contributed by atoms with Crippen molar-refractivity contribution in [3.05, 3.63) is 234 Å². The molecule has 0 aromatic heterocycles. The lowest BCUT2D eigenvalue weighted by atomic mass is 9.63. The van der Waals surface area contributed by atoms with Crippen LogP contribution in [0.3, 0.4) is 0 Å². The highest BCUT2D eigenvalue weighted by Crippen LogP contribution is 2.59. The number of hydrogen-bond donors (Lipinski definition) is 0. The fourth-order valence-corrected chi connectivity index (χ4v) is 10.8. The van der Waals surface area contributed by atoms with E-state index in [1.165, 1.54) is 90.0 Å². The standard InChI is InChI=1S/C59H49N/c1-57(2)34-35-58(3,4)55-37-42(30-33-53(55)57)50-38-51-49-26-16-17-27-52(49)59(43-19-8-5-9-20-43,44-21-10-6-11-22-44)54(51)39-56(50)60(45-23-12-7-13-24-45)46-31-32-48-41(36-46)29-28-40-18-14-15-25-47(40)48/h5-33,36-39H,34-35H2,1-4H3. The third-order valence-electron chi connectivity index (χ3n) is 14.0. The lowest BCUT2D eigenvalue weighted by Gasteiger charge is -2.42. The Morgan fingerprint density at radius 3 is 1.70 bits per heavy atom. The van der Waals surface area contributed by atoms with Crippen LogP contribution in [0.4, 0.5) is 17.1 Å². The van der Waals surface area contributed by atoms with Gasteiger partial charge in [-0.2, -0.15) is 0 Å². The van der Waals surface area contributed by atoms with Gasteiger partial charge in [-0.3, -0.25) is 0 Å². The van der Waals surface area contributed by atoms with Gasteiger partial charge < -0.3 is 4.90 Å². The fraction of sp³-hybridized carbons (Fsp3) is 0.153. The Labute approximate surface area is 354 Å². The molecular weight excluding hydrogens is 723 g/mol. The minimum atomic E-state index is -0.533. The van der Waals surface area contributed by atoms with Gasteiger partial charge in [0.2, 0.25) is 0 Å². The molecule has 290 valence electrons. The third-order valence-corrected chi connectivity index (χ3v) is 14.0. The molecule has 0 unspecified atom stereocenters. The summed E-state index contributed by atoms with van der Waals surface area (Å²) in [5, 5.41) is 5.03. The van der Waals surface area contributed by atoms with Crippen molar-refractivity contribution in [3.63, 3.8) is 0 Å². The van der Waals surface area contributed by atoms with E-state index in [9.17, 15) is 0 Å². The number of anilines is 3. The van der Waals surface area contributed by atoms with Crippen LogP contribution in [0, 0.1) is 0 Å². The first-order valence-corrected chi connectivity index (χ1v) is 21.6. The summed E-state index contributed by atoms with van der Waals surface area (Å²) in [6, 6.07) is 75.2. The number of rotatable bonds is 6. The van der Waals surface area contributed by atoms with Crippen LogP contribution in [0.1, 0.15) is 73.9 Å². The van der Waals surface area contributed by atoms with Crippen molar-refractivity contribution < 1.29 is 0 Å². The molecule has 0 heterocycles. The second kappa shape index (κ2) is 13.7. The van der Waals surface area contributed by atoms with Gasteiger partial charge in [0.25, 0.3) is 0 Å². The van der Waals surface area contributed by atoms with E-state index in [0.717, 1.165) is 17.1 Å². The van der Waals surface area contributed by atoms with Crippen molar-refractivity contribution >= 4 is 38.6 Å². The Morgan fingerprint density at radius 1 is 0.367 bits per heavy atom. The van der Waals surface area contributed by atoms with Crippen molar-refractivity contribution in [2.24, 2.45) is 0 Å². The monoisotopic (exact) mass is 771 g/mol. The van der Waals surface area contributed by atoms with Crippen LogP contribution in [0.5, 0.6) is 0 Å². The van der Waals surface area contributed by atoms with Gasteiger partial charge >= 0.3 is 0 Å². The molecule has 9 aromatic carbocycles. The summed E-state index contributed by atoms with van der Waals surface area (Å²) in [4.78, 5) is 2.52. The Kier molecular flexibility index (Phi) is 8.30. The van der Waals surface area contributed by atoms with Crippen LogP contribution < -0.4 is 4.90 Å². The van der Waals surface area contributed by atoms with E-state index < -0.39 is 5.41 Å². The molecule has 11 rings (SSSR count). The zero-order chi connectivity index (χ0) is 40.6. The first-order chi connectivity index (χ1) is 29.2. The lowest BCUT2D eigenvalue weighted by molar-refractivity contribution is 0.332. The van der Waals surface area contributed by atoms with E-state index in [-0.39, 0.29) is 10.8 Å². The maximum Gasteiger partial charge on any atom is 0.0714 e. The highest BCUT2D eigenvalue weighted by molar-refractivity contribution is 6.09. The lowest BCUT2D eigenvalue weighted by Crippen LogP contribution is -2.33. The zero-order valence-electron chi connectivity index (χ0n) is 34.9. The second-order valence-electron chi connectivity index (χ2n) is 18.3. The highest BCUT2D eigenvalue weighted by Gasteiger charge is 2.47.